The maximum atomic E-state index is 10.4. The van der Waals surface area contributed by atoms with Crippen LogP contribution in [0.4, 0.5) is 0 Å². The summed E-state index contributed by atoms with van der Waals surface area (Å²) in [6.07, 6.45) is 17.4. The molecule has 27 heavy (non-hydrogen) atoms. The van der Waals surface area contributed by atoms with Gasteiger partial charge in [-0.3, -0.25) is 4.79 Å². The van der Waals surface area contributed by atoms with Crippen molar-refractivity contribution in [2.75, 3.05) is 0 Å². The summed E-state index contributed by atoms with van der Waals surface area (Å²) in [4.78, 5) is 10.4. The SMILES string of the molecule is CC/C=C\C[C@@H](O)/C=C/[C@@H]1[C@H](C/C=C\C/C=C\CCC(=O)O)[C@H](O)C[C@@H]1O. The minimum atomic E-state index is -0.797. The molecular formula is C22H34O5. The summed E-state index contributed by atoms with van der Waals surface area (Å²) in [6.45, 7) is 2.04. The third kappa shape index (κ3) is 9.70. The fraction of sp³-hybridized carbons (Fsp3) is 0.591. The Bertz CT molecular complexity index is 535. The Morgan fingerprint density at radius 1 is 1.07 bits per heavy atom. The molecule has 0 aromatic carbocycles. The van der Waals surface area contributed by atoms with Gasteiger partial charge in [0.2, 0.25) is 0 Å². The van der Waals surface area contributed by atoms with Crippen molar-refractivity contribution in [3.63, 3.8) is 0 Å². The molecule has 0 radical (unpaired) electrons. The third-order valence-electron chi connectivity index (χ3n) is 4.79. The third-order valence-corrected chi connectivity index (χ3v) is 4.79. The van der Waals surface area contributed by atoms with E-state index >= 15 is 0 Å². The van der Waals surface area contributed by atoms with Crippen LogP contribution in [-0.2, 0) is 4.79 Å². The highest BCUT2D eigenvalue weighted by atomic mass is 16.4. The number of rotatable bonds is 12. The average Bonchev–Trinajstić information content (AvgIpc) is 2.88. The first kappa shape index (κ1) is 23.3. The highest BCUT2D eigenvalue weighted by Crippen LogP contribution is 2.36. The van der Waals surface area contributed by atoms with Gasteiger partial charge in [0.1, 0.15) is 0 Å². The first-order chi connectivity index (χ1) is 13.0. The van der Waals surface area contributed by atoms with E-state index in [9.17, 15) is 20.1 Å². The second-order valence-electron chi connectivity index (χ2n) is 7.03. The number of carboxylic acid groups (broad SMARTS) is 1. The van der Waals surface area contributed by atoms with Gasteiger partial charge in [0.15, 0.2) is 0 Å². The Morgan fingerprint density at radius 2 is 1.81 bits per heavy atom. The van der Waals surface area contributed by atoms with E-state index in [-0.39, 0.29) is 18.3 Å². The molecule has 0 amide bonds. The highest BCUT2D eigenvalue weighted by molar-refractivity contribution is 5.66. The van der Waals surface area contributed by atoms with E-state index in [2.05, 4.69) is 0 Å². The Labute approximate surface area is 162 Å². The molecule has 0 unspecified atom stereocenters. The minimum absolute atomic E-state index is 0.0677. The molecule has 0 spiro atoms. The summed E-state index contributed by atoms with van der Waals surface area (Å²) >= 11 is 0. The second kappa shape index (κ2) is 13.5. The van der Waals surface area contributed by atoms with Crippen LogP contribution in [0.1, 0.15) is 51.9 Å². The van der Waals surface area contributed by atoms with E-state index in [1.807, 2.05) is 49.5 Å². The lowest BCUT2D eigenvalue weighted by Gasteiger charge is -2.19. The van der Waals surface area contributed by atoms with E-state index in [1.54, 1.807) is 6.08 Å². The van der Waals surface area contributed by atoms with E-state index in [4.69, 9.17) is 5.11 Å². The fourth-order valence-corrected chi connectivity index (χ4v) is 3.29. The molecule has 0 bridgehead atoms. The van der Waals surface area contributed by atoms with Crippen LogP contribution in [-0.4, -0.2) is 44.7 Å². The summed E-state index contributed by atoms with van der Waals surface area (Å²) in [7, 11) is 0. The predicted molar refractivity (Wildman–Crippen MR) is 107 cm³/mol. The maximum absolute atomic E-state index is 10.4. The molecule has 1 fully saturated rings. The number of allylic oxidation sites excluding steroid dienone is 5. The highest BCUT2D eigenvalue weighted by Gasteiger charge is 2.39. The quantitative estimate of drug-likeness (QED) is 0.390. The number of aliphatic hydroxyl groups excluding tert-OH is 3. The first-order valence-electron chi connectivity index (χ1n) is 9.85. The molecule has 1 aliphatic rings. The Hall–Kier alpha value is -1.69. The van der Waals surface area contributed by atoms with Gasteiger partial charge in [-0.05, 0) is 38.0 Å². The molecule has 5 atom stereocenters. The van der Waals surface area contributed by atoms with Crippen molar-refractivity contribution < 1.29 is 25.2 Å². The van der Waals surface area contributed by atoms with Crippen molar-refractivity contribution in [2.45, 2.75) is 70.2 Å². The van der Waals surface area contributed by atoms with Crippen LogP contribution >= 0.6 is 0 Å². The summed E-state index contributed by atoms with van der Waals surface area (Å²) < 4.78 is 0. The van der Waals surface area contributed by atoms with Crippen LogP contribution in [0, 0.1) is 11.8 Å². The van der Waals surface area contributed by atoms with Crippen molar-refractivity contribution >= 4 is 5.97 Å². The standard InChI is InChI=1S/C22H34O5/c1-2-3-8-11-17(23)14-15-19-18(20(24)16-21(19)25)12-9-6-4-5-7-10-13-22(26)27/h3,5-9,14-15,17-21,23-25H,2,4,10-13,16H2,1H3,(H,26,27)/b7-5-,8-3-,9-6-,15-14+/t17-,18+,19-,20-,21+/m1/s1. The smallest absolute Gasteiger partial charge is 0.303 e. The van der Waals surface area contributed by atoms with Crippen LogP contribution in [0.5, 0.6) is 0 Å². The van der Waals surface area contributed by atoms with Crippen LogP contribution in [0.3, 0.4) is 0 Å². The largest absolute Gasteiger partial charge is 0.481 e. The molecule has 1 saturated carbocycles. The van der Waals surface area contributed by atoms with Gasteiger partial charge in [-0.1, -0.05) is 55.5 Å². The number of hydrogen-bond acceptors (Lipinski definition) is 4. The minimum Gasteiger partial charge on any atom is -0.481 e. The Morgan fingerprint density at radius 3 is 2.52 bits per heavy atom. The molecule has 0 saturated heterocycles. The monoisotopic (exact) mass is 378 g/mol. The normalized spacial score (nSPS) is 27.6. The van der Waals surface area contributed by atoms with Gasteiger partial charge in [0.25, 0.3) is 0 Å². The summed E-state index contributed by atoms with van der Waals surface area (Å²) in [5, 5.41) is 39.0. The van der Waals surface area contributed by atoms with Crippen LogP contribution < -0.4 is 0 Å². The predicted octanol–water partition coefficient (Wildman–Crippen LogP) is 3.38. The molecule has 5 nitrogen and oxygen atoms in total. The van der Waals surface area contributed by atoms with Crippen LogP contribution in [0.15, 0.2) is 48.6 Å². The van der Waals surface area contributed by atoms with E-state index in [0.29, 0.717) is 32.1 Å². The zero-order chi connectivity index (χ0) is 20.1. The van der Waals surface area contributed by atoms with Gasteiger partial charge < -0.3 is 20.4 Å². The first-order valence-corrected chi connectivity index (χ1v) is 9.85. The summed E-state index contributed by atoms with van der Waals surface area (Å²) in [5.74, 6) is -1.03. The molecule has 0 heterocycles. The second-order valence-corrected chi connectivity index (χ2v) is 7.03. The molecule has 1 aliphatic carbocycles. The van der Waals surface area contributed by atoms with E-state index in [0.717, 1.165) is 6.42 Å². The topological polar surface area (TPSA) is 98.0 Å². The number of carboxylic acids is 1. The van der Waals surface area contributed by atoms with Gasteiger partial charge >= 0.3 is 5.97 Å². The van der Waals surface area contributed by atoms with Gasteiger partial charge in [-0.15, -0.1) is 0 Å². The van der Waals surface area contributed by atoms with Crippen molar-refractivity contribution in [1.82, 2.24) is 0 Å². The van der Waals surface area contributed by atoms with Gasteiger partial charge in [-0.25, -0.2) is 0 Å². The lowest BCUT2D eigenvalue weighted by molar-refractivity contribution is -0.136. The van der Waals surface area contributed by atoms with Crippen molar-refractivity contribution in [3.8, 4) is 0 Å². The average molecular weight is 379 g/mol. The molecule has 5 heteroatoms. The number of aliphatic carboxylic acids is 1. The van der Waals surface area contributed by atoms with Crippen molar-refractivity contribution in [1.29, 1.82) is 0 Å². The van der Waals surface area contributed by atoms with Crippen LogP contribution in [0.25, 0.3) is 0 Å². The Balaban J connectivity index is 2.47. The Kier molecular flexibility index (Phi) is 11.7. The van der Waals surface area contributed by atoms with Crippen molar-refractivity contribution in [2.24, 2.45) is 11.8 Å². The lowest BCUT2D eigenvalue weighted by atomic mass is 9.89. The molecule has 0 aromatic rings. The van der Waals surface area contributed by atoms with Gasteiger partial charge in [-0.2, -0.15) is 0 Å². The van der Waals surface area contributed by atoms with Gasteiger partial charge in [0.05, 0.1) is 18.3 Å². The molecule has 0 aliphatic heterocycles. The molecule has 1 rings (SSSR count). The molecule has 4 N–H and O–H groups in total. The number of hydrogen-bond donors (Lipinski definition) is 4. The summed E-state index contributed by atoms with van der Waals surface area (Å²) in [6, 6.07) is 0. The van der Waals surface area contributed by atoms with Crippen molar-refractivity contribution in [3.05, 3.63) is 48.6 Å². The lowest BCUT2D eigenvalue weighted by Crippen LogP contribution is -2.20. The van der Waals surface area contributed by atoms with E-state index < -0.39 is 24.3 Å². The van der Waals surface area contributed by atoms with E-state index in [1.165, 1.54) is 0 Å². The molecular weight excluding hydrogens is 344 g/mol. The zero-order valence-electron chi connectivity index (χ0n) is 16.2. The number of carbonyl (C=O) groups is 1. The van der Waals surface area contributed by atoms with Crippen LogP contribution in [0.2, 0.25) is 0 Å². The molecule has 0 aromatic heterocycles. The maximum Gasteiger partial charge on any atom is 0.303 e. The zero-order valence-corrected chi connectivity index (χ0v) is 16.2. The number of aliphatic hydroxyl groups is 3. The summed E-state index contributed by atoms with van der Waals surface area (Å²) in [5.41, 5.74) is 0. The van der Waals surface area contributed by atoms with Gasteiger partial charge in [0, 0.05) is 18.8 Å². The fourth-order valence-electron chi connectivity index (χ4n) is 3.29. The molecule has 152 valence electrons.